The first kappa shape index (κ1) is 24.7. The fourth-order valence-electron chi connectivity index (χ4n) is 4.42. The zero-order chi connectivity index (χ0) is 24.9. The maximum atomic E-state index is 13.8. The van der Waals surface area contributed by atoms with Crippen LogP contribution in [0.2, 0.25) is 5.02 Å². The van der Waals surface area contributed by atoms with Gasteiger partial charge in [0.15, 0.2) is 0 Å². The maximum absolute atomic E-state index is 13.8. The van der Waals surface area contributed by atoms with Gasteiger partial charge in [0.2, 0.25) is 0 Å². The number of aryl methyl sites for hydroxylation is 1. The number of hydrogen-bond donors (Lipinski definition) is 0. The standard InChI is InChI=1S/C29H30ClN3O2/c1-4-6-18-32(28(34)21-14-16-22(30)17-15-21)26(5-2)27-31-25-13-8-7-12-24(25)29(35)33(27)23-11-9-10-20(3)19-23/h7-17,19,26H,4-6,18H2,1-3H3. The third-order valence-corrected chi connectivity index (χ3v) is 6.48. The monoisotopic (exact) mass is 487 g/mol. The topological polar surface area (TPSA) is 55.2 Å². The number of benzene rings is 3. The molecule has 180 valence electrons. The first-order valence-electron chi connectivity index (χ1n) is 12.1. The molecule has 0 aliphatic heterocycles. The van der Waals surface area contributed by atoms with E-state index in [1.165, 1.54) is 0 Å². The molecule has 1 aromatic heterocycles. The second-order valence-corrected chi connectivity index (χ2v) is 9.19. The third kappa shape index (κ3) is 5.15. The number of carbonyl (C=O) groups excluding carboxylic acids is 1. The summed E-state index contributed by atoms with van der Waals surface area (Å²) in [4.78, 5) is 34.4. The Morgan fingerprint density at radius 2 is 1.77 bits per heavy atom. The number of para-hydroxylation sites is 1. The Morgan fingerprint density at radius 3 is 2.46 bits per heavy atom. The summed E-state index contributed by atoms with van der Waals surface area (Å²) in [6.07, 6.45) is 2.40. The lowest BCUT2D eigenvalue weighted by atomic mass is 10.1. The summed E-state index contributed by atoms with van der Waals surface area (Å²) in [7, 11) is 0. The van der Waals surface area contributed by atoms with Crippen molar-refractivity contribution in [2.24, 2.45) is 0 Å². The van der Waals surface area contributed by atoms with Crippen molar-refractivity contribution >= 4 is 28.4 Å². The van der Waals surface area contributed by atoms with E-state index >= 15 is 0 Å². The van der Waals surface area contributed by atoms with Gasteiger partial charge in [-0.3, -0.25) is 14.2 Å². The van der Waals surface area contributed by atoms with Crippen LogP contribution in [0.25, 0.3) is 16.6 Å². The highest BCUT2D eigenvalue weighted by Gasteiger charge is 2.29. The van der Waals surface area contributed by atoms with Crippen LogP contribution in [0.1, 0.15) is 60.9 Å². The molecule has 0 saturated carbocycles. The smallest absolute Gasteiger partial charge is 0.266 e. The summed E-state index contributed by atoms with van der Waals surface area (Å²) < 4.78 is 1.68. The highest BCUT2D eigenvalue weighted by molar-refractivity contribution is 6.30. The Morgan fingerprint density at radius 1 is 1.03 bits per heavy atom. The van der Waals surface area contributed by atoms with Crippen molar-refractivity contribution in [2.75, 3.05) is 6.54 Å². The summed E-state index contributed by atoms with van der Waals surface area (Å²) in [5, 5.41) is 1.13. The summed E-state index contributed by atoms with van der Waals surface area (Å²) in [5.41, 5.74) is 2.85. The number of hydrogen-bond acceptors (Lipinski definition) is 3. The number of fused-ring (bicyclic) bond motifs is 1. The predicted octanol–water partition coefficient (Wildman–Crippen LogP) is 6.74. The Bertz CT molecular complexity index is 1400. The van der Waals surface area contributed by atoms with E-state index < -0.39 is 0 Å². The van der Waals surface area contributed by atoms with Gasteiger partial charge in [0.1, 0.15) is 5.82 Å². The van der Waals surface area contributed by atoms with E-state index in [9.17, 15) is 9.59 Å². The Balaban J connectivity index is 1.94. The molecular formula is C29H30ClN3O2. The molecule has 0 aliphatic carbocycles. The van der Waals surface area contributed by atoms with Gasteiger partial charge in [0.25, 0.3) is 11.5 Å². The van der Waals surface area contributed by atoms with E-state index in [2.05, 4.69) is 6.92 Å². The fraction of sp³-hybridized carbons (Fsp3) is 0.276. The van der Waals surface area contributed by atoms with Crippen molar-refractivity contribution in [3.05, 3.63) is 105 Å². The van der Waals surface area contributed by atoms with Crippen molar-refractivity contribution in [3.8, 4) is 5.69 Å². The zero-order valence-electron chi connectivity index (χ0n) is 20.4. The van der Waals surface area contributed by atoms with Crippen LogP contribution in [-0.2, 0) is 0 Å². The molecule has 1 unspecified atom stereocenters. The average molecular weight is 488 g/mol. The number of carbonyl (C=O) groups is 1. The lowest BCUT2D eigenvalue weighted by Crippen LogP contribution is -2.39. The van der Waals surface area contributed by atoms with E-state index in [-0.39, 0.29) is 17.5 Å². The first-order chi connectivity index (χ1) is 16.9. The molecule has 4 aromatic rings. The van der Waals surface area contributed by atoms with Crippen LogP contribution < -0.4 is 5.56 Å². The molecule has 0 fully saturated rings. The molecule has 1 atom stereocenters. The first-order valence-corrected chi connectivity index (χ1v) is 12.5. The minimum atomic E-state index is -0.387. The molecular weight excluding hydrogens is 458 g/mol. The Kier molecular flexibility index (Phi) is 7.67. The van der Waals surface area contributed by atoms with Crippen LogP contribution in [0.5, 0.6) is 0 Å². The molecule has 1 amide bonds. The minimum Gasteiger partial charge on any atom is -0.328 e. The number of rotatable bonds is 8. The summed E-state index contributed by atoms with van der Waals surface area (Å²) in [6, 6.07) is 21.8. The summed E-state index contributed by atoms with van der Waals surface area (Å²) >= 11 is 6.07. The third-order valence-electron chi connectivity index (χ3n) is 6.23. The van der Waals surface area contributed by atoms with Crippen molar-refractivity contribution in [1.29, 1.82) is 0 Å². The van der Waals surface area contributed by atoms with E-state index in [4.69, 9.17) is 16.6 Å². The number of unbranched alkanes of at least 4 members (excludes halogenated alkanes) is 1. The molecule has 0 bridgehead atoms. The van der Waals surface area contributed by atoms with Crippen LogP contribution in [0.3, 0.4) is 0 Å². The summed E-state index contributed by atoms with van der Waals surface area (Å²) in [6.45, 7) is 6.69. The number of aromatic nitrogens is 2. The highest BCUT2D eigenvalue weighted by atomic mass is 35.5. The van der Waals surface area contributed by atoms with Gasteiger partial charge in [0.05, 0.1) is 22.6 Å². The van der Waals surface area contributed by atoms with E-state index in [0.29, 0.717) is 40.3 Å². The molecule has 0 spiro atoms. The van der Waals surface area contributed by atoms with E-state index in [0.717, 1.165) is 24.1 Å². The lowest BCUT2D eigenvalue weighted by molar-refractivity contribution is 0.0656. The Hall–Kier alpha value is -3.44. The van der Waals surface area contributed by atoms with Crippen molar-refractivity contribution in [3.63, 3.8) is 0 Å². The van der Waals surface area contributed by atoms with Gasteiger partial charge in [-0.05, 0) is 73.9 Å². The number of halogens is 1. The number of nitrogens with zero attached hydrogens (tertiary/aromatic N) is 3. The van der Waals surface area contributed by atoms with Gasteiger partial charge in [0, 0.05) is 17.1 Å². The molecule has 0 saturated heterocycles. The SMILES string of the molecule is CCCCN(C(=O)c1ccc(Cl)cc1)C(CC)c1nc2ccccc2c(=O)n1-c1cccc(C)c1. The van der Waals surface area contributed by atoms with Crippen LogP contribution in [0, 0.1) is 6.92 Å². The van der Waals surface area contributed by atoms with Gasteiger partial charge in [-0.15, -0.1) is 0 Å². The van der Waals surface area contributed by atoms with Gasteiger partial charge in [-0.1, -0.05) is 56.1 Å². The largest absolute Gasteiger partial charge is 0.328 e. The molecule has 0 N–H and O–H groups in total. The van der Waals surface area contributed by atoms with Crippen LogP contribution in [-0.4, -0.2) is 26.9 Å². The molecule has 0 radical (unpaired) electrons. The van der Waals surface area contributed by atoms with Gasteiger partial charge in [-0.2, -0.15) is 0 Å². The van der Waals surface area contributed by atoms with Crippen molar-refractivity contribution in [2.45, 2.75) is 46.1 Å². The summed E-state index contributed by atoms with van der Waals surface area (Å²) in [5.74, 6) is 0.473. The van der Waals surface area contributed by atoms with Crippen LogP contribution in [0.15, 0.2) is 77.6 Å². The molecule has 35 heavy (non-hydrogen) atoms. The fourth-order valence-corrected chi connectivity index (χ4v) is 4.54. The second-order valence-electron chi connectivity index (χ2n) is 8.75. The van der Waals surface area contributed by atoms with E-state index in [1.54, 1.807) is 34.9 Å². The lowest BCUT2D eigenvalue weighted by Gasteiger charge is -2.32. The highest BCUT2D eigenvalue weighted by Crippen LogP contribution is 2.28. The van der Waals surface area contributed by atoms with Crippen LogP contribution >= 0.6 is 11.6 Å². The molecule has 3 aromatic carbocycles. The van der Waals surface area contributed by atoms with Crippen LogP contribution in [0.4, 0.5) is 0 Å². The minimum absolute atomic E-state index is 0.0971. The predicted molar refractivity (Wildman–Crippen MR) is 143 cm³/mol. The quantitative estimate of drug-likeness (QED) is 0.276. The van der Waals surface area contributed by atoms with Gasteiger partial charge in [-0.25, -0.2) is 4.98 Å². The second kappa shape index (κ2) is 10.9. The Labute approximate surface area is 211 Å². The number of amides is 1. The van der Waals surface area contributed by atoms with E-state index in [1.807, 2.05) is 61.2 Å². The van der Waals surface area contributed by atoms with Gasteiger partial charge < -0.3 is 4.90 Å². The molecule has 1 heterocycles. The van der Waals surface area contributed by atoms with Crippen molar-refractivity contribution < 1.29 is 4.79 Å². The molecule has 4 rings (SSSR count). The average Bonchev–Trinajstić information content (AvgIpc) is 2.86. The molecule has 5 nitrogen and oxygen atoms in total. The van der Waals surface area contributed by atoms with Crippen molar-refractivity contribution in [1.82, 2.24) is 14.5 Å². The molecule has 6 heteroatoms. The zero-order valence-corrected chi connectivity index (χ0v) is 21.1. The van der Waals surface area contributed by atoms with Gasteiger partial charge >= 0.3 is 0 Å². The normalized spacial score (nSPS) is 12.0. The molecule has 0 aliphatic rings. The maximum Gasteiger partial charge on any atom is 0.266 e.